The standard InChI is InChI=1S/C14H18N2O4S/c1-16(13-7-8-21(18,19)11-13)14(17)10-20-15-9-12-5-3-2-4-6-12/h2-6,9,13H,7-8,10-11H2,1H3/b15-9-/t13-/m1/s1. The molecule has 0 radical (unpaired) electrons. The second-order valence-electron chi connectivity index (χ2n) is 4.98. The lowest BCUT2D eigenvalue weighted by molar-refractivity contribution is -0.136. The van der Waals surface area contributed by atoms with Crippen molar-refractivity contribution in [2.45, 2.75) is 12.5 Å². The van der Waals surface area contributed by atoms with Gasteiger partial charge in [-0.25, -0.2) is 8.42 Å². The molecule has 0 bridgehead atoms. The van der Waals surface area contributed by atoms with Gasteiger partial charge in [-0.15, -0.1) is 0 Å². The molecule has 1 fully saturated rings. The van der Waals surface area contributed by atoms with E-state index in [0.29, 0.717) is 6.42 Å². The summed E-state index contributed by atoms with van der Waals surface area (Å²) in [4.78, 5) is 18.3. The van der Waals surface area contributed by atoms with Crippen LogP contribution in [0, 0.1) is 0 Å². The van der Waals surface area contributed by atoms with E-state index < -0.39 is 9.84 Å². The van der Waals surface area contributed by atoms with Crippen LogP contribution in [0.4, 0.5) is 0 Å². The molecule has 6 nitrogen and oxygen atoms in total. The van der Waals surface area contributed by atoms with Gasteiger partial charge in [-0.3, -0.25) is 4.79 Å². The average molecular weight is 310 g/mol. The zero-order valence-electron chi connectivity index (χ0n) is 11.8. The van der Waals surface area contributed by atoms with E-state index in [9.17, 15) is 13.2 Å². The normalized spacial score (nSPS) is 20.5. The number of nitrogens with zero attached hydrogens (tertiary/aromatic N) is 2. The Morgan fingerprint density at radius 1 is 1.43 bits per heavy atom. The van der Waals surface area contributed by atoms with Crippen molar-refractivity contribution in [2.24, 2.45) is 5.16 Å². The summed E-state index contributed by atoms with van der Waals surface area (Å²) in [7, 11) is -1.40. The molecule has 21 heavy (non-hydrogen) atoms. The predicted octanol–water partition coefficient (Wildman–Crippen LogP) is 0.683. The number of likely N-dealkylation sites (N-methyl/N-ethyl adjacent to an activating group) is 1. The molecule has 114 valence electrons. The number of carbonyl (C=O) groups is 1. The molecule has 0 unspecified atom stereocenters. The number of amides is 1. The molecule has 1 aliphatic rings. The Hall–Kier alpha value is -1.89. The number of oxime groups is 1. The van der Waals surface area contributed by atoms with Crippen LogP contribution in [0.5, 0.6) is 0 Å². The Balaban J connectivity index is 1.78. The predicted molar refractivity (Wildman–Crippen MR) is 79.8 cm³/mol. The summed E-state index contributed by atoms with van der Waals surface area (Å²) in [6, 6.07) is 9.12. The summed E-state index contributed by atoms with van der Waals surface area (Å²) in [6.45, 7) is -0.198. The zero-order valence-corrected chi connectivity index (χ0v) is 12.6. The summed E-state index contributed by atoms with van der Waals surface area (Å²) in [5.41, 5.74) is 0.875. The fourth-order valence-corrected chi connectivity index (χ4v) is 3.89. The van der Waals surface area contributed by atoms with E-state index in [4.69, 9.17) is 4.84 Å². The Bertz CT molecular complexity index is 613. The topological polar surface area (TPSA) is 76.0 Å². The second kappa shape index (κ2) is 6.71. The summed E-state index contributed by atoms with van der Waals surface area (Å²) in [5, 5.41) is 3.73. The lowest BCUT2D eigenvalue weighted by Gasteiger charge is -2.22. The third-order valence-corrected chi connectivity index (χ3v) is 5.16. The first kappa shape index (κ1) is 15.5. The van der Waals surface area contributed by atoms with E-state index in [1.165, 1.54) is 11.1 Å². The van der Waals surface area contributed by atoms with Crippen LogP contribution < -0.4 is 0 Å². The molecule has 1 aromatic carbocycles. The third-order valence-electron chi connectivity index (χ3n) is 3.41. The highest BCUT2D eigenvalue weighted by Crippen LogP contribution is 2.16. The summed E-state index contributed by atoms with van der Waals surface area (Å²) in [6.07, 6.45) is 2.01. The minimum Gasteiger partial charge on any atom is -0.386 e. The number of carbonyl (C=O) groups excluding carboxylic acids is 1. The van der Waals surface area contributed by atoms with Crippen molar-refractivity contribution in [1.29, 1.82) is 0 Å². The lowest BCUT2D eigenvalue weighted by atomic mass is 10.2. The van der Waals surface area contributed by atoms with E-state index in [-0.39, 0.29) is 30.1 Å². The minimum atomic E-state index is -3.00. The molecule has 0 N–H and O–H groups in total. The number of hydrogen-bond donors (Lipinski definition) is 0. The number of sulfone groups is 1. The number of benzene rings is 1. The van der Waals surface area contributed by atoms with Crippen molar-refractivity contribution in [3.05, 3.63) is 35.9 Å². The van der Waals surface area contributed by atoms with Gasteiger partial charge in [0.2, 0.25) is 0 Å². The molecule has 1 heterocycles. The van der Waals surface area contributed by atoms with E-state index in [1.807, 2.05) is 30.3 Å². The molecule has 1 saturated heterocycles. The molecular weight excluding hydrogens is 292 g/mol. The molecule has 1 aliphatic heterocycles. The largest absolute Gasteiger partial charge is 0.386 e. The van der Waals surface area contributed by atoms with Crippen LogP contribution in [0.3, 0.4) is 0 Å². The van der Waals surface area contributed by atoms with Gasteiger partial charge in [0.15, 0.2) is 16.4 Å². The van der Waals surface area contributed by atoms with Crippen molar-refractivity contribution in [3.63, 3.8) is 0 Å². The molecular formula is C14H18N2O4S. The molecule has 0 aliphatic carbocycles. The highest BCUT2D eigenvalue weighted by Gasteiger charge is 2.32. The first-order valence-electron chi connectivity index (χ1n) is 6.64. The van der Waals surface area contributed by atoms with Gasteiger partial charge < -0.3 is 9.74 Å². The molecule has 0 saturated carbocycles. The summed E-state index contributed by atoms with van der Waals surface area (Å²) < 4.78 is 22.8. The van der Waals surface area contributed by atoms with Gasteiger partial charge in [0.05, 0.1) is 17.7 Å². The van der Waals surface area contributed by atoms with E-state index in [0.717, 1.165) is 5.56 Å². The van der Waals surface area contributed by atoms with Crippen molar-refractivity contribution < 1.29 is 18.0 Å². The molecule has 0 aromatic heterocycles. The maximum absolute atomic E-state index is 11.9. The van der Waals surface area contributed by atoms with E-state index in [1.54, 1.807) is 7.05 Å². The molecule has 1 atom stereocenters. The van der Waals surface area contributed by atoms with Crippen molar-refractivity contribution >= 4 is 22.0 Å². The van der Waals surface area contributed by atoms with Gasteiger partial charge in [-0.05, 0) is 12.0 Å². The lowest BCUT2D eigenvalue weighted by Crippen LogP contribution is -2.39. The molecule has 2 rings (SSSR count). The zero-order chi connectivity index (χ0) is 15.3. The van der Waals surface area contributed by atoms with Gasteiger partial charge >= 0.3 is 0 Å². The maximum Gasteiger partial charge on any atom is 0.263 e. The van der Waals surface area contributed by atoms with Crippen LogP contribution in [0.1, 0.15) is 12.0 Å². The summed E-state index contributed by atoms with van der Waals surface area (Å²) >= 11 is 0. The molecule has 1 amide bonds. The van der Waals surface area contributed by atoms with Crippen LogP contribution >= 0.6 is 0 Å². The Morgan fingerprint density at radius 2 is 2.14 bits per heavy atom. The Morgan fingerprint density at radius 3 is 2.76 bits per heavy atom. The van der Waals surface area contributed by atoms with Gasteiger partial charge in [0.1, 0.15) is 0 Å². The van der Waals surface area contributed by atoms with E-state index in [2.05, 4.69) is 5.16 Å². The third kappa shape index (κ3) is 4.56. The SMILES string of the molecule is CN(C(=O)CO/N=C\c1ccccc1)[C@@H]1CCS(=O)(=O)C1. The molecule has 1 aromatic rings. The van der Waals surface area contributed by atoms with Gasteiger partial charge in [0, 0.05) is 13.1 Å². The van der Waals surface area contributed by atoms with Gasteiger partial charge in [-0.2, -0.15) is 0 Å². The van der Waals surface area contributed by atoms with Crippen LogP contribution in [-0.4, -0.2) is 56.6 Å². The Labute approximate surface area is 124 Å². The fourth-order valence-electron chi connectivity index (χ4n) is 2.12. The highest BCUT2D eigenvalue weighted by molar-refractivity contribution is 7.91. The summed E-state index contributed by atoms with van der Waals surface area (Å²) in [5.74, 6) is -0.104. The van der Waals surface area contributed by atoms with Crippen molar-refractivity contribution in [1.82, 2.24) is 4.90 Å². The second-order valence-corrected chi connectivity index (χ2v) is 7.21. The Kier molecular flexibility index (Phi) is 4.95. The average Bonchev–Trinajstić information content (AvgIpc) is 2.84. The smallest absolute Gasteiger partial charge is 0.263 e. The van der Waals surface area contributed by atoms with Gasteiger partial charge in [-0.1, -0.05) is 35.5 Å². The quantitative estimate of drug-likeness (QED) is 0.592. The first-order chi connectivity index (χ1) is 9.98. The minimum absolute atomic E-state index is 0.0303. The fraction of sp³-hybridized carbons (Fsp3) is 0.429. The van der Waals surface area contributed by atoms with Crippen LogP contribution in [0.15, 0.2) is 35.5 Å². The monoisotopic (exact) mass is 310 g/mol. The first-order valence-corrected chi connectivity index (χ1v) is 8.46. The number of rotatable bonds is 5. The maximum atomic E-state index is 11.9. The van der Waals surface area contributed by atoms with Gasteiger partial charge in [0.25, 0.3) is 5.91 Å². The number of hydrogen-bond acceptors (Lipinski definition) is 5. The van der Waals surface area contributed by atoms with Crippen LogP contribution in [0.2, 0.25) is 0 Å². The molecule has 7 heteroatoms. The molecule has 0 spiro atoms. The van der Waals surface area contributed by atoms with Crippen molar-refractivity contribution in [2.75, 3.05) is 25.2 Å². The highest BCUT2D eigenvalue weighted by atomic mass is 32.2. The van der Waals surface area contributed by atoms with Crippen LogP contribution in [0.25, 0.3) is 0 Å². The van der Waals surface area contributed by atoms with Crippen LogP contribution in [-0.2, 0) is 19.5 Å². The van der Waals surface area contributed by atoms with E-state index >= 15 is 0 Å². The van der Waals surface area contributed by atoms with Crippen molar-refractivity contribution in [3.8, 4) is 0 Å².